The molecule has 2 aliphatic rings. The van der Waals surface area contributed by atoms with Crippen molar-refractivity contribution < 1.29 is 14.0 Å². The van der Waals surface area contributed by atoms with Crippen LogP contribution in [0.3, 0.4) is 0 Å². The first-order chi connectivity index (χ1) is 10.9. The maximum absolute atomic E-state index is 6.07. The Morgan fingerprint density at radius 3 is 2.08 bits per heavy atom. The minimum Gasteiger partial charge on any atom is -0.492 e. The van der Waals surface area contributed by atoms with Crippen LogP contribution in [0.1, 0.15) is 40.5 Å². The van der Waals surface area contributed by atoms with Crippen LogP contribution >= 0.6 is 12.4 Å². The molecule has 1 aromatic rings. The Labute approximate surface area is 152 Å². The molecule has 0 N–H and O–H groups in total. The van der Waals surface area contributed by atoms with E-state index in [1.165, 1.54) is 25.9 Å². The third-order valence-corrected chi connectivity index (χ3v) is 5.28. The first-order valence-electron chi connectivity index (χ1n) is 8.68. The molecule has 2 fully saturated rings. The maximum atomic E-state index is 6.07. The van der Waals surface area contributed by atoms with E-state index >= 15 is 0 Å². The molecule has 0 amide bonds. The summed E-state index contributed by atoms with van der Waals surface area (Å²) in [5.74, 6) is 0.907. The third kappa shape index (κ3) is 4.26. The number of likely N-dealkylation sites (tertiary alicyclic amines) is 1. The van der Waals surface area contributed by atoms with Crippen LogP contribution in [0.15, 0.2) is 24.3 Å². The molecular weight excluding hydrogens is 324 g/mol. The largest absolute Gasteiger partial charge is 0.494 e. The van der Waals surface area contributed by atoms with Crippen molar-refractivity contribution in [3.05, 3.63) is 24.3 Å². The number of hydrogen-bond acceptors (Lipinski definition) is 4. The van der Waals surface area contributed by atoms with Crippen LogP contribution in [-0.4, -0.2) is 49.5 Å². The SMILES string of the molecule is CC1(C)OB(c2ccc(OCCN3CCCC3)cc2)OC1(C)C.Cl. The van der Waals surface area contributed by atoms with Gasteiger partial charge in [-0.2, -0.15) is 0 Å². The summed E-state index contributed by atoms with van der Waals surface area (Å²) in [6, 6.07) is 8.08. The second kappa shape index (κ2) is 7.65. The fraction of sp³-hybridized carbons (Fsp3) is 0.667. The molecule has 0 spiro atoms. The number of benzene rings is 1. The fourth-order valence-electron chi connectivity index (χ4n) is 3.00. The Morgan fingerprint density at radius 2 is 1.54 bits per heavy atom. The Balaban J connectivity index is 0.00000208. The summed E-state index contributed by atoms with van der Waals surface area (Å²) in [7, 11) is -0.307. The van der Waals surface area contributed by atoms with E-state index < -0.39 is 0 Å². The van der Waals surface area contributed by atoms with E-state index in [-0.39, 0.29) is 30.7 Å². The topological polar surface area (TPSA) is 30.9 Å². The van der Waals surface area contributed by atoms with Gasteiger partial charge in [-0.05, 0) is 71.2 Å². The smallest absolute Gasteiger partial charge is 0.492 e. The lowest BCUT2D eigenvalue weighted by atomic mass is 9.79. The van der Waals surface area contributed by atoms with Gasteiger partial charge >= 0.3 is 7.12 Å². The van der Waals surface area contributed by atoms with Crippen molar-refractivity contribution in [2.75, 3.05) is 26.2 Å². The summed E-state index contributed by atoms with van der Waals surface area (Å²) in [5.41, 5.74) is 0.432. The average molecular weight is 354 g/mol. The lowest BCUT2D eigenvalue weighted by Gasteiger charge is -2.32. The van der Waals surface area contributed by atoms with Crippen LogP contribution in [0.5, 0.6) is 5.75 Å². The van der Waals surface area contributed by atoms with E-state index in [0.717, 1.165) is 24.4 Å². The van der Waals surface area contributed by atoms with Crippen molar-refractivity contribution in [3.63, 3.8) is 0 Å². The second-order valence-electron chi connectivity index (χ2n) is 7.55. The zero-order chi connectivity index (χ0) is 16.5. The summed E-state index contributed by atoms with van der Waals surface area (Å²) in [6.45, 7) is 12.5. The maximum Gasteiger partial charge on any atom is 0.494 e. The molecule has 0 aromatic heterocycles. The number of halogens is 1. The van der Waals surface area contributed by atoms with E-state index in [9.17, 15) is 0 Å². The zero-order valence-corrected chi connectivity index (χ0v) is 16.0. The minimum absolute atomic E-state index is 0. The highest BCUT2D eigenvalue weighted by molar-refractivity contribution is 6.62. The van der Waals surface area contributed by atoms with E-state index in [4.69, 9.17) is 14.0 Å². The van der Waals surface area contributed by atoms with Crippen LogP contribution in [0.25, 0.3) is 0 Å². The quantitative estimate of drug-likeness (QED) is 0.762. The van der Waals surface area contributed by atoms with E-state index in [0.29, 0.717) is 0 Å². The standard InChI is InChI=1S/C18H28BNO3.ClH/c1-17(2)18(3,4)23-19(22-17)15-7-9-16(10-8-15)21-14-13-20-11-5-6-12-20;/h7-10H,5-6,11-14H2,1-4H3;1H. The lowest BCUT2D eigenvalue weighted by Crippen LogP contribution is -2.41. The predicted octanol–water partition coefficient (Wildman–Crippen LogP) is 2.88. The number of rotatable bonds is 5. The normalized spacial score (nSPS) is 22.4. The van der Waals surface area contributed by atoms with Crippen molar-refractivity contribution in [1.82, 2.24) is 4.90 Å². The summed E-state index contributed by atoms with van der Waals surface area (Å²) < 4.78 is 18.0. The fourth-order valence-corrected chi connectivity index (χ4v) is 3.00. The molecule has 0 atom stereocenters. The first-order valence-corrected chi connectivity index (χ1v) is 8.68. The molecular formula is C18H29BClNO3. The van der Waals surface area contributed by atoms with Crippen LogP contribution in [0.2, 0.25) is 0 Å². The Kier molecular flexibility index (Phi) is 6.24. The van der Waals surface area contributed by atoms with Gasteiger partial charge < -0.3 is 14.0 Å². The van der Waals surface area contributed by atoms with Gasteiger partial charge in [0, 0.05) is 6.54 Å². The molecule has 0 radical (unpaired) electrons. The first kappa shape index (κ1) is 19.6. The van der Waals surface area contributed by atoms with Gasteiger partial charge in [-0.15, -0.1) is 12.4 Å². The number of ether oxygens (including phenoxy) is 1. The molecule has 2 heterocycles. The lowest BCUT2D eigenvalue weighted by molar-refractivity contribution is 0.00578. The summed E-state index contributed by atoms with van der Waals surface area (Å²) in [6.07, 6.45) is 2.64. The number of hydrogen-bond donors (Lipinski definition) is 0. The molecule has 0 saturated carbocycles. The molecule has 134 valence electrons. The van der Waals surface area contributed by atoms with Gasteiger partial charge in [-0.3, -0.25) is 4.90 Å². The number of nitrogens with zero attached hydrogens (tertiary/aromatic N) is 1. The predicted molar refractivity (Wildman–Crippen MR) is 101 cm³/mol. The van der Waals surface area contributed by atoms with E-state index in [1.807, 2.05) is 24.3 Å². The Morgan fingerprint density at radius 1 is 1.00 bits per heavy atom. The van der Waals surface area contributed by atoms with Crippen molar-refractivity contribution in [3.8, 4) is 5.75 Å². The van der Waals surface area contributed by atoms with Crippen molar-refractivity contribution >= 4 is 25.0 Å². The molecule has 2 aliphatic heterocycles. The highest BCUT2D eigenvalue weighted by atomic mass is 35.5. The van der Waals surface area contributed by atoms with E-state index in [1.54, 1.807) is 0 Å². The van der Waals surface area contributed by atoms with Crippen LogP contribution < -0.4 is 10.2 Å². The van der Waals surface area contributed by atoms with Gasteiger partial charge in [0.2, 0.25) is 0 Å². The highest BCUT2D eigenvalue weighted by Gasteiger charge is 2.51. The van der Waals surface area contributed by atoms with Gasteiger partial charge in [0.25, 0.3) is 0 Å². The molecule has 0 unspecified atom stereocenters. The van der Waals surface area contributed by atoms with E-state index in [2.05, 4.69) is 32.6 Å². The van der Waals surface area contributed by atoms with Gasteiger partial charge in [0.05, 0.1) is 11.2 Å². The van der Waals surface area contributed by atoms with Crippen LogP contribution in [0.4, 0.5) is 0 Å². The molecule has 1 aromatic carbocycles. The third-order valence-electron chi connectivity index (χ3n) is 5.28. The van der Waals surface area contributed by atoms with Crippen molar-refractivity contribution in [1.29, 1.82) is 0 Å². The molecule has 2 saturated heterocycles. The highest BCUT2D eigenvalue weighted by Crippen LogP contribution is 2.36. The Hall–Kier alpha value is -0.745. The summed E-state index contributed by atoms with van der Waals surface area (Å²) in [5, 5.41) is 0. The summed E-state index contributed by atoms with van der Waals surface area (Å²) in [4.78, 5) is 2.46. The monoisotopic (exact) mass is 353 g/mol. The molecule has 3 rings (SSSR count). The van der Waals surface area contributed by atoms with Crippen LogP contribution in [0, 0.1) is 0 Å². The second-order valence-corrected chi connectivity index (χ2v) is 7.55. The van der Waals surface area contributed by atoms with Gasteiger partial charge in [-0.1, -0.05) is 12.1 Å². The zero-order valence-electron chi connectivity index (χ0n) is 15.2. The molecule has 24 heavy (non-hydrogen) atoms. The van der Waals surface area contributed by atoms with Gasteiger partial charge in [0.15, 0.2) is 0 Å². The van der Waals surface area contributed by atoms with Crippen LogP contribution in [-0.2, 0) is 9.31 Å². The van der Waals surface area contributed by atoms with Gasteiger partial charge in [0.1, 0.15) is 12.4 Å². The average Bonchev–Trinajstić information content (AvgIpc) is 3.06. The minimum atomic E-state index is -0.307. The molecule has 0 bridgehead atoms. The molecule has 4 nitrogen and oxygen atoms in total. The molecule has 0 aliphatic carbocycles. The summed E-state index contributed by atoms with van der Waals surface area (Å²) >= 11 is 0. The molecule has 6 heteroatoms. The van der Waals surface area contributed by atoms with Crippen molar-refractivity contribution in [2.24, 2.45) is 0 Å². The van der Waals surface area contributed by atoms with Gasteiger partial charge in [-0.25, -0.2) is 0 Å². The van der Waals surface area contributed by atoms with Crippen molar-refractivity contribution in [2.45, 2.75) is 51.7 Å². The Bertz CT molecular complexity index is 514.